The van der Waals surface area contributed by atoms with Gasteiger partial charge in [0.25, 0.3) is 0 Å². The molecule has 3 nitrogen and oxygen atoms in total. The predicted octanol–water partition coefficient (Wildman–Crippen LogP) is 3.03. The fourth-order valence-corrected chi connectivity index (χ4v) is 1.42. The zero-order chi connectivity index (χ0) is 14.5. The highest BCUT2D eigenvalue weighted by atomic mass is 19.4. The van der Waals surface area contributed by atoms with Crippen molar-refractivity contribution in [3.8, 4) is 0 Å². The molecule has 0 saturated carbocycles. The van der Waals surface area contributed by atoms with Crippen LogP contribution in [0.2, 0.25) is 0 Å². The number of carbonyl (C=O) groups is 1. The minimum Gasteiger partial charge on any atom is -0.376 e. The highest BCUT2D eigenvalue weighted by Gasteiger charge is 2.30. The highest BCUT2D eigenvalue weighted by molar-refractivity contribution is 5.80. The number of amides is 1. The summed E-state index contributed by atoms with van der Waals surface area (Å²) in [4.78, 5) is 11.5. The van der Waals surface area contributed by atoms with Crippen LogP contribution in [0.25, 0.3) is 0 Å². The molecule has 1 aromatic carbocycles. The van der Waals surface area contributed by atoms with Gasteiger partial charge in [0.05, 0.1) is 12.1 Å². The van der Waals surface area contributed by atoms with Gasteiger partial charge in [-0.25, -0.2) is 0 Å². The number of halogens is 3. The number of nitrogens with one attached hydrogen (secondary N) is 2. The van der Waals surface area contributed by atoms with Gasteiger partial charge in [-0.1, -0.05) is 13.0 Å². The van der Waals surface area contributed by atoms with Crippen molar-refractivity contribution in [3.05, 3.63) is 29.8 Å². The molecule has 0 aliphatic heterocycles. The van der Waals surface area contributed by atoms with Crippen molar-refractivity contribution in [3.63, 3.8) is 0 Å². The Balaban J connectivity index is 2.56. The Hall–Kier alpha value is -1.72. The molecule has 1 atom stereocenters. The van der Waals surface area contributed by atoms with E-state index in [0.717, 1.165) is 18.6 Å². The summed E-state index contributed by atoms with van der Waals surface area (Å²) in [5, 5.41) is 5.40. The lowest BCUT2D eigenvalue weighted by Crippen LogP contribution is -2.36. The molecule has 0 spiro atoms. The molecule has 0 bridgehead atoms. The summed E-state index contributed by atoms with van der Waals surface area (Å²) >= 11 is 0. The zero-order valence-electron chi connectivity index (χ0n) is 10.8. The summed E-state index contributed by atoms with van der Waals surface area (Å²) < 4.78 is 37.4. The Morgan fingerprint density at radius 3 is 2.63 bits per heavy atom. The molecular weight excluding hydrogens is 257 g/mol. The third-order valence-electron chi connectivity index (χ3n) is 2.66. The van der Waals surface area contributed by atoms with Gasteiger partial charge in [-0.05, 0) is 31.5 Å². The second kappa shape index (κ2) is 6.45. The van der Waals surface area contributed by atoms with Crippen LogP contribution in [0, 0.1) is 0 Å². The normalized spacial score (nSPS) is 12.9. The van der Waals surface area contributed by atoms with E-state index in [2.05, 4.69) is 10.6 Å². The molecule has 6 heteroatoms. The van der Waals surface area contributed by atoms with E-state index in [0.29, 0.717) is 0 Å². The first-order chi connectivity index (χ1) is 8.82. The molecule has 0 aliphatic carbocycles. The molecule has 1 aromatic rings. The van der Waals surface area contributed by atoms with E-state index in [-0.39, 0.29) is 24.2 Å². The Morgan fingerprint density at radius 2 is 2.05 bits per heavy atom. The van der Waals surface area contributed by atoms with Crippen molar-refractivity contribution in [1.82, 2.24) is 5.32 Å². The van der Waals surface area contributed by atoms with Gasteiger partial charge in [0.2, 0.25) is 5.91 Å². The maximum absolute atomic E-state index is 12.5. The van der Waals surface area contributed by atoms with Gasteiger partial charge in [0, 0.05) is 11.7 Å². The summed E-state index contributed by atoms with van der Waals surface area (Å²) in [5.74, 6) is -0.244. The predicted molar refractivity (Wildman–Crippen MR) is 67.8 cm³/mol. The topological polar surface area (TPSA) is 41.1 Å². The molecule has 0 aliphatic rings. The largest absolute Gasteiger partial charge is 0.416 e. The van der Waals surface area contributed by atoms with Gasteiger partial charge < -0.3 is 10.6 Å². The minimum atomic E-state index is -4.38. The van der Waals surface area contributed by atoms with Crippen molar-refractivity contribution in [2.45, 2.75) is 32.5 Å². The molecule has 1 amide bonds. The van der Waals surface area contributed by atoms with E-state index in [1.54, 1.807) is 0 Å². The summed E-state index contributed by atoms with van der Waals surface area (Å²) in [5.41, 5.74) is -0.464. The van der Waals surface area contributed by atoms with Crippen LogP contribution in [0.3, 0.4) is 0 Å². The minimum absolute atomic E-state index is 0.0499. The second-order valence-corrected chi connectivity index (χ2v) is 4.31. The van der Waals surface area contributed by atoms with Crippen LogP contribution < -0.4 is 10.6 Å². The van der Waals surface area contributed by atoms with Crippen molar-refractivity contribution >= 4 is 11.6 Å². The Bertz CT molecular complexity index is 432. The van der Waals surface area contributed by atoms with Crippen molar-refractivity contribution in [2.75, 3.05) is 11.9 Å². The summed E-state index contributed by atoms with van der Waals surface area (Å²) in [7, 11) is 0. The first-order valence-electron chi connectivity index (χ1n) is 6.03. The van der Waals surface area contributed by atoms with Crippen molar-refractivity contribution in [2.24, 2.45) is 0 Å². The fourth-order valence-electron chi connectivity index (χ4n) is 1.42. The molecule has 2 N–H and O–H groups in total. The maximum Gasteiger partial charge on any atom is 0.416 e. The molecular formula is C13H17F3N2O. The first kappa shape index (κ1) is 15.3. The molecule has 0 fully saturated rings. The smallest absolute Gasteiger partial charge is 0.376 e. The standard InChI is InChI=1S/C13H17F3N2O/c1-3-9(2)18-12(19)8-17-11-6-4-5-10(7-11)13(14,15)16/h4-7,9,17H,3,8H2,1-2H3,(H,18,19). The molecule has 1 unspecified atom stereocenters. The van der Waals surface area contributed by atoms with Crippen LogP contribution in [0.15, 0.2) is 24.3 Å². The van der Waals surface area contributed by atoms with E-state index >= 15 is 0 Å². The van der Waals surface area contributed by atoms with Crippen LogP contribution in [0.1, 0.15) is 25.8 Å². The lowest BCUT2D eigenvalue weighted by atomic mass is 10.2. The van der Waals surface area contributed by atoms with E-state index in [1.807, 2.05) is 13.8 Å². The summed E-state index contributed by atoms with van der Waals surface area (Å²) in [6, 6.07) is 4.82. The van der Waals surface area contributed by atoms with Crippen LogP contribution in [-0.2, 0) is 11.0 Å². The molecule has 0 aromatic heterocycles. The molecule has 106 valence electrons. The molecule has 0 heterocycles. The number of rotatable bonds is 5. The monoisotopic (exact) mass is 274 g/mol. The highest BCUT2D eigenvalue weighted by Crippen LogP contribution is 2.30. The van der Waals surface area contributed by atoms with Gasteiger partial charge in [-0.15, -0.1) is 0 Å². The average molecular weight is 274 g/mol. The lowest BCUT2D eigenvalue weighted by Gasteiger charge is -2.13. The third-order valence-corrected chi connectivity index (χ3v) is 2.66. The Kier molecular flexibility index (Phi) is 5.20. The number of alkyl halides is 3. The second-order valence-electron chi connectivity index (χ2n) is 4.31. The summed E-state index contributed by atoms with van der Waals surface area (Å²) in [6.45, 7) is 3.75. The number of hydrogen-bond donors (Lipinski definition) is 2. The molecule has 19 heavy (non-hydrogen) atoms. The molecule has 1 rings (SSSR count). The van der Waals surface area contributed by atoms with E-state index < -0.39 is 11.7 Å². The van der Waals surface area contributed by atoms with Gasteiger partial charge in [0.1, 0.15) is 0 Å². The lowest BCUT2D eigenvalue weighted by molar-refractivity contribution is -0.137. The van der Waals surface area contributed by atoms with Crippen LogP contribution >= 0.6 is 0 Å². The van der Waals surface area contributed by atoms with E-state index in [9.17, 15) is 18.0 Å². The fraction of sp³-hybridized carbons (Fsp3) is 0.462. The Morgan fingerprint density at radius 1 is 1.37 bits per heavy atom. The average Bonchev–Trinajstić information content (AvgIpc) is 2.35. The number of carbonyl (C=O) groups excluding carboxylic acids is 1. The number of benzene rings is 1. The van der Waals surface area contributed by atoms with Crippen molar-refractivity contribution in [1.29, 1.82) is 0 Å². The van der Waals surface area contributed by atoms with Gasteiger partial charge in [0.15, 0.2) is 0 Å². The van der Waals surface area contributed by atoms with Gasteiger partial charge >= 0.3 is 6.18 Å². The zero-order valence-corrected chi connectivity index (χ0v) is 10.8. The summed E-state index contributed by atoms with van der Waals surface area (Å²) in [6.07, 6.45) is -3.58. The van der Waals surface area contributed by atoms with Gasteiger partial charge in [-0.2, -0.15) is 13.2 Å². The number of hydrogen-bond acceptors (Lipinski definition) is 2. The number of anilines is 1. The Labute approximate surface area is 110 Å². The van der Waals surface area contributed by atoms with E-state index in [4.69, 9.17) is 0 Å². The quantitative estimate of drug-likeness (QED) is 0.866. The maximum atomic E-state index is 12.5. The van der Waals surface area contributed by atoms with Crippen LogP contribution in [0.4, 0.5) is 18.9 Å². The van der Waals surface area contributed by atoms with Gasteiger partial charge in [-0.3, -0.25) is 4.79 Å². The van der Waals surface area contributed by atoms with E-state index in [1.165, 1.54) is 12.1 Å². The van der Waals surface area contributed by atoms with Crippen LogP contribution in [-0.4, -0.2) is 18.5 Å². The molecule has 0 radical (unpaired) electrons. The SMILES string of the molecule is CCC(C)NC(=O)CNc1cccc(C(F)(F)F)c1. The van der Waals surface area contributed by atoms with Crippen LogP contribution in [0.5, 0.6) is 0 Å². The first-order valence-corrected chi connectivity index (χ1v) is 6.03. The third kappa shape index (κ3) is 5.19. The van der Waals surface area contributed by atoms with Crippen molar-refractivity contribution < 1.29 is 18.0 Å². The molecule has 0 saturated heterocycles.